The van der Waals surface area contributed by atoms with Crippen molar-refractivity contribution in [3.05, 3.63) is 52.7 Å². The van der Waals surface area contributed by atoms with Gasteiger partial charge >= 0.3 is 5.69 Å². The van der Waals surface area contributed by atoms with Crippen molar-refractivity contribution in [2.45, 2.75) is 32.9 Å². The molecule has 0 aliphatic rings. The first-order chi connectivity index (χ1) is 8.70. The van der Waals surface area contributed by atoms with Crippen LogP contribution in [-0.4, -0.2) is 9.13 Å². The Morgan fingerprint density at radius 2 is 1.78 bits per heavy atom. The standard InChI is InChI=1S/C14H19N3O/c1-2-16-10-11-17(14(16)18)9-3-4-12-5-7-13(15)8-6-12/h5-8,10-11H,2-4,9,15H2,1H3. The number of rotatable bonds is 5. The number of benzene rings is 1. The SMILES string of the molecule is CCn1ccn(CCCc2ccc(N)cc2)c1=O. The molecule has 0 radical (unpaired) electrons. The van der Waals surface area contributed by atoms with Crippen molar-refractivity contribution in [2.75, 3.05) is 5.73 Å². The van der Waals surface area contributed by atoms with Gasteiger partial charge in [-0.15, -0.1) is 0 Å². The van der Waals surface area contributed by atoms with Crippen molar-refractivity contribution in [3.8, 4) is 0 Å². The van der Waals surface area contributed by atoms with Gasteiger partial charge in [-0.1, -0.05) is 12.1 Å². The van der Waals surface area contributed by atoms with Gasteiger partial charge in [0, 0.05) is 31.2 Å². The molecule has 1 heterocycles. The third kappa shape index (κ3) is 2.83. The summed E-state index contributed by atoms with van der Waals surface area (Å²) in [6.45, 7) is 3.46. The zero-order valence-electron chi connectivity index (χ0n) is 10.7. The van der Waals surface area contributed by atoms with Gasteiger partial charge < -0.3 is 5.73 Å². The van der Waals surface area contributed by atoms with Gasteiger partial charge in [0.25, 0.3) is 0 Å². The van der Waals surface area contributed by atoms with Gasteiger partial charge in [-0.2, -0.15) is 0 Å². The Morgan fingerprint density at radius 3 is 2.39 bits per heavy atom. The van der Waals surface area contributed by atoms with Gasteiger partial charge in [0.05, 0.1) is 0 Å². The highest BCUT2D eigenvalue weighted by atomic mass is 16.1. The summed E-state index contributed by atoms with van der Waals surface area (Å²) < 4.78 is 3.48. The van der Waals surface area contributed by atoms with Crippen LogP contribution >= 0.6 is 0 Å². The first-order valence-corrected chi connectivity index (χ1v) is 6.30. The van der Waals surface area contributed by atoms with E-state index in [-0.39, 0.29) is 5.69 Å². The fraction of sp³-hybridized carbons (Fsp3) is 0.357. The van der Waals surface area contributed by atoms with E-state index < -0.39 is 0 Å². The zero-order chi connectivity index (χ0) is 13.0. The number of aromatic nitrogens is 2. The van der Waals surface area contributed by atoms with E-state index in [9.17, 15) is 4.79 Å². The minimum Gasteiger partial charge on any atom is -0.399 e. The molecule has 2 N–H and O–H groups in total. The molecule has 0 aliphatic heterocycles. The van der Waals surface area contributed by atoms with E-state index in [1.807, 2.05) is 43.6 Å². The molecule has 0 amide bonds. The van der Waals surface area contributed by atoms with Crippen LogP contribution in [0, 0.1) is 0 Å². The molecule has 0 saturated heterocycles. The lowest BCUT2D eigenvalue weighted by atomic mass is 10.1. The second-order valence-electron chi connectivity index (χ2n) is 4.41. The smallest absolute Gasteiger partial charge is 0.328 e. The summed E-state index contributed by atoms with van der Waals surface area (Å²) in [5.74, 6) is 0. The van der Waals surface area contributed by atoms with Crippen LogP contribution in [0.3, 0.4) is 0 Å². The van der Waals surface area contributed by atoms with Gasteiger partial charge in [0.2, 0.25) is 0 Å². The molecule has 0 fully saturated rings. The number of hydrogen-bond donors (Lipinski definition) is 1. The quantitative estimate of drug-likeness (QED) is 0.818. The first-order valence-electron chi connectivity index (χ1n) is 6.30. The molecule has 0 bridgehead atoms. The number of nitrogens with zero attached hydrogens (tertiary/aromatic N) is 2. The van der Waals surface area contributed by atoms with Crippen LogP contribution in [0.25, 0.3) is 0 Å². The third-order valence-electron chi connectivity index (χ3n) is 3.10. The maximum absolute atomic E-state index is 11.8. The third-order valence-corrected chi connectivity index (χ3v) is 3.10. The maximum atomic E-state index is 11.8. The molecule has 0 saturated carbocycles. The summed E-state index contributed by atoms with van der Waals surface area (Å²) in [5.41, 5.74) is 7.76. The molecule has 96 valence electrons. The van der Waals surface area contributed by atoms with Crippen LogP contribution in [0.4, 0.5) is 5.69 Å². The van der Waals surface area contributed by atoms with Crippen LogP contribution in [0.2, 0.25) is 0 Å². The summed E-state index contributed by atoms with van der Waals surface area (Å²) in [7, 11) is 0. The molecular formula is C14H19N3O. The number of anilines is 1. The summed E-state index contributed by atoms with van der Waals surface area (Å²) in [5, 5.41) is 0. The van der Waals surface area contributed by atoms with Gasteiger partial charge in [0.15, 0.2) is 0 Å². The highest BCUT2D eigenvalue weighted by Gasteiger charge is 2.01. The average molecular weight is 245 g/mol. The second kappa shape index (κ2) is 5.58. The molecule has 2 rings (SSSR count). The lowest BCUT2D eigenvalue weighted by molar-refractivity contribution is 0.596. The van der Waals surface area contributed by atoms with Crippen molar-refractivity contribution >= 4 is 5.69 Å². The molecule has 0 aliphatic carbocycles. The lowest BCUT2D eigenvalue weighted by Crippen LogP contribution is -2.23. The molecule has 4 nitrogen and oxygen atoms in total. The van der Waals surface area contributed by atoms with Crippen LogP contribution in [0.1, 0.15) is 18.9 Å². The van der Waals surface area contributed by atoms with Gasteiger partial charge in [-0.3, -0.25) is 9.13 Å². The van der Waals surface area contributed by atoms with E-state index >= 15 is 0 Å². The fourth-order valence-electron chi connectivity index (χ4n) is 2.00. The molecular weight excluding hydrogens is 226 g/mol. The predicted octanol–water partition coefficient (Wildman–Crippen LogP) is 1.88. The Kier molecular flexibility index (Phi) is 3.87. The summed E-state index contributed by atoms with van der Waals surface area (Å²) >= 11 is 0. The molecule has 0 spiro atoms. The molecule has 18 heavy (non-hydrogen) atoms. The Bertz CT molecular complexity index is 551. The van der Waals surface area contributed by atoms with E-state index in [1.165, 1.54) is 5.56 Å². The Hall–Kier alpha value is -1.97. The number of hydrogen-bond acceptors (Lipinski definition) is 2. The first kappa shape index (κ1) is 12.5. The minimum absolute atomic E-state index is 0.0785. The topological polar surface area (TPSA) is 52.9 Å². The Morgan fingerprint density at radius 1 is 1.11 bits per heavy atom. The van der Waals surface area contributed by atoms with Gasteiger partial charge in [0.1, 0.15) is 0 Å². The van der Waals surface area contributed by atoms with E-state index in [1.54, 1.807) is 9.13 Å². The maximum Gasteiger partial charge on any atom is 0.328 e. The predicted molar refractivity (Wildman–Crippen MR) is 73.5 cm³/mol. The molecule has 2 aromatic rings. The lowest BCUT2D eigenvalue weighted by Gasteiger charge is -2.03. The highest BCUT2D eigenvalue weighted by molar-refractivity contribution is 5.39. The van der Waals surface area contributed by atoms with Crippen molar-refractivity contribution in [1.29, 1.82) is 0 Å². The molecule has 0 unspecified atom stereocenters. The Labute approximate surface area is 107 Å². The Balaban J connectivity index is 1.90. The molecule has 4 heteroatoms. The monoisotopic (exact) mass is 245 g/mol. The summed E-state index contributed by atoms with van der Waals surface area (Å²) in [6.07, 6.45) is 5.61. The van der Waals surface area contributed by atoms with Crippen molar-refractivity contribution in [2.24, 2.45) is 0 Å². The number of nitrogen functional groups attached to an aromatic ring is 1. The zero-order valence-corrected chi connectivity index (χ0v) is 10.7. The largest absolute Gasteiger partial charge is 0.399 e. The summed E-state index contributed by atoms with van der Waals surface area (Å²) in [6, 6.07) is 7.90. The van der Waals surface area contributed by atoms with Crippen LogP contribution in [-0.2, 0) is 19.5 Å². The normalized spacial score (nSPS) is 10.7. The molecule has 1 aromatic carbocycles. The van der Waals surface area contributed by atoms with Crippen LogP contribution in [0.15, 0.2) is 41.5 Å². The number of aryl methyl sites for hydroxylation is 3. The van der Waals surface area contributed by atoms with Gasteiger partial charge in [-0.25, -0.2) is 4.79 Å². The minimum atomic E-state index is 0.0785. The summed E-state index contributed by atoms with van der Waals surface area (Å²) in [4.78, 5) is 11.8. The van der Waals surface area contributed by atoms with Crippen molar-refractivity contribution in [3.63, 3.8) is 0 Å². The molecule has 0 atom stereocenters. The van der Waals surface area contributed by atoms with E-state index in [0.717, 1.165) is 31.6 Å². The number of imidazole rings is 1. The van der Waals surface area contributed by atoms with Crippen molar-refractivity contribution < 1.29 is 0 Å². The van der Waals surface area contributed by atoms with Gasteiger partial charge in [-0.05, 0) is 37.5 Å². The van der Waals surface area contributed by atoms with E-state index in [0.29, 0.717) is 0 Å². The van der Waals surface area contributed by atoms with E-state index in [2.05, 4.69) is 0 Å². The van der Waals surface area contributed by atoms with Crippen molar-refractivity contribution in [1.82, 2.24) is 9.13 Å². The van der Waals surface area contributed by atoms with Crippen LogP contribution < -0.4 is 11.4 Å². The second-order valence-corrected chi connectivity index (χ2v) is 4.41. The van der Waals surface area contributed by atoms with E-state index in [4.69, 9.17) is 5.73 Å². The molecule has 1 aromatic heterocycles. The fourth-order valence-corrected chi connectivity index (χ4v) is 2.00. The average Bonchev–Trinajstić information content (AvgIpc) is 2.73. The number of nitrogens with two attached hydrogens (primary N) is 1. The highest BCUT2D eigenvalue weighted by Crippen LogP contribution is 2.08. The van der Waals surface area contributed by atoms with Crippen LogP contribution in [0.5, 0.6) is 0 Å².